The van der Waals surface area contributed by atoms with Crippen LogP contribution in [0.25, 0.3) is 0 Å². The standard InChI is InChI=1S/C11H14ClNO4/c12-8-2-1-6(5-14)3-7(8)11(17)9(15)4-10(13)16/h1-3,9,11,14-15,17H,4-5H2,(H2,13,16). The van der Waals surface area contributed by atoms with Gasteiger partial charge < -0.3 is 21.1 Å². The lowest BCUT2D eigenvalue weighted by Gasteiger charge is -2.18. The van der Waals surface area contributed by atoms with E-state index in [4.69, 9.17) is 22.4 Å². The molecule has 0 bridgehead atoms. The van der Waals surface area contributed by atoms with E-state index in [9.17, 15) is 15.0 Å². The zero-order valence-corrected chi connectivity index (χ0v) is 9.76. The summed E-state index contributed by atoms with van der Waals surface area (Å²) in [5.74, 6) is -0.717. The molecule has 5 nitrogen and oxygen atoms in total. The Kier molecular flexibility index (Phi) is 4.89. The number of halogens is 1. The highest BCUT2D eigenvalue weighted by Crippen LogP contribution is 2.27. The van der Waals surface area contributed by atoms with Crippen molar-refractivity contribution in [3.8, 4) is 0 Å². The average Bonchev–Trinajstić information content (AvgIpc) is 2.28. The third kappa shape index (κ3) is 3.67. The van der Waals surface area contributed by atoms with E-state index >= 15 is 0 Å². The molecule has 1 aromatic carbocycles. The van der Waals surface area contributed by atoms with Gasteiger partial charge in [-0.05, 0) is 17.7 Å². The largest absolute Gasteiger partial charge is 0.392 e. The number of primary amides is 1. The summed E-state index contributed by atoms with van der Waals surface area (Å²) < 4.78 is 0. The number of amides is 1. The van der Waals surface area contributed by atoms with Crippen LogP contribution < -0.4 is 5.73 Å². The number of carbonyl (C=O) groups excluding carboxylic acids is 1. The highest BCUT2D eigenvalue weighted by Gasteiger charge is 2.22. The SMILES string of the molecule is NC(=O)CC(O)C(O)c1cc(CO)ccc1Cl. The van der Waals surface area contributed by atoms with Crippen molar-refractivity contribution in [1.29, 1.82) is 0 Å². The molecule has 2 unspecified atom stereocenters. The molecule has 6 heteroatoms. The third-order valence-electron chi connectivity index (χ3n) is 2.34. The molecule has 0 aromatic heterocycles. The van der Waals surface area contributed by atoms with Gasteiger partial charge in [-0.1, -0.05) is 17.7 Å². The maximum Gasteiger partial charge on any atom is 0.220 e. The number of carbonyl (C=O) groups is 1. The summed E-state index contributed by atoms with van der Waals surface area (Å²) in [6.07, 6.45) is -3.00. The zero-order chi connectivity index (χ0) is 13.0. The molecule has 94 valence electrons. The Bertz CT molecular complexity index is 410. The van der Waals surface area contributed by atoms with Crippen molar-refractivity contribution >= 4 is 17.5 Å². The molecular formula is C11H14ClNO4. The van der Waals surface area contributed by atoms with Crippen LogP contribution in [-0.2, 0) is 11.4 Å². The van der Waals surface area contributed by atoms with E-state index in [2.05, 4.69) is 0 Å². The van der Waals surface area contributed by atoms with Gasteiger partial charge in [-0.25, -0.2) is 0 Å². The van der Waals surface area contributed by atoms with Gasteiger partial charge in [-0.3, -0.25) is 4.79 Å². The molecule has 1 aromatic rings. The van der Waals surface area contributed by atoms with Crippen LogP contribution >= 0.6 is 11.6 Å². The van der Waals surface area contributed by atoms with E-state index in [1.54, 1.807) is 6.07 Å². The topological polar surface area (TPSA) is 104 Å². The maximum absolute atomic E-state index is 10.6. The molecule has 5 N–H and O–H groups in total. The van der Waals surface area contributed by atoms with Gasteiger partial charge in [-0.2, -0.15) is 0 Å². The number of hydrogen-bond donors (Lipinski definition) is 4. The molecule has 17 heavy (non-hydrogen) atoms. The lowest BCUT2D eigenvalue weighted by Crippen LogP contribution is -2.25. The second-order valence-corrected chi connectivity index (χ2v) is 4.10. The fraction of sp³-hybridized carbons (Fsp3) is 0.364. The van der Waals surface area contributed by atoms with Crippen LogP contribution in [0.4, 0.5) is 0 Å². The molecule has 0 saturated heterocycles. The van der Waals surface area contributed by atoms with Crippen molar-refractivity contribution in [3.63, 3.8) is 0 Å². The fourth-order valence-corrected chi connectivity index (χ4v) is 1.67. The Morgan fingerprint density at radius 3 is 2.59 bits per heavy atom. The van der Waals surface area contributed by atoms with Gasteiger partial charge in [0.1, 0.15) is 6.10 Å². The summed E-state index contributed by atoms with van der Waals surface area (Å²) in [6.45, 7) is -0.206. The van der Waals surface area contributed by atoms with Gasteiger partial charge in [0, 0.05) is 10.6 Å². The molecule has 0 radical (unpaired) electrons. The minimum Gasteiger partial charge on any atom is -0.392 e. The van der Waals surface area contributed by atoms with E-state index in [1.807, 2.05) is 0 Å². The van der Waals surface area contributed by atoms with Crippen LogP contribution in [0, 0.1) is 0 Å². The second-order valence-electron chi connectivity index (χ2n) is 3.70. The number of benzene rings is 1. The maximum atomic E-state index is 10.6. The smallest absolute Gasteiger partial charge is 0.220 e. The van der Waals surface area contributed by atoms with Crippen LogP contribution in [0.5, 0.6) is 0 Å². The molecule has 1 amide bonds. The molecule has 0 aliphatic carbocycles. The highest BCUT2D eigenvalue weighted by molar-refractivity contribution is 6.31. The molecule has 0 aliphatic rings. The molecule has 1 rings (SSSR count). The number of nitrogens with two attached hydrogens (primary N) is 1. The fourth-order valence-electron chi connectivity index (χ4n) is 1.44. The quantitative estimate of drug-likeness (QED) is 0.602. The Morgan fingerprint density at radius 2 is 2.06 bits per heavy atom. The van der Waals surface area contributed by atoms with E-state index < -0.39 is 18.1 Å². The molecule has 0 aliphatic heterocycles. The summed E-state index contributed by atoms with van der Waals surface area (Å²) >= 11 is 5.86. The van der Waals surface area contributed by atoms with E-state index in [1.165, 1.54) is 12.1 Å². The van der Waals surface area contributed by atoms with E-state index in [0.717, 1.165) is 0 Å². The van der Waals surface area contributed by atoms with Gasteiger partial charge in [-0.15, -0.1) is 0 Å². The number of hydrogen-bond acceptors (Lipinski definition) is 4. The van der Waals surface area contributed by atoms with Gasteiger partial charge in [0.15, 0.2) is 0 Å². The van der Waals surface area contributed by atoms with Crippen LogP contribution in [0.2, 0.25) is 5.02 Å². The van der Waals surface area contributed by atoms with Crippen LogP contribution in [0.1, 0.15) is 23.7 Å². The summed E-state index contributed by atoms with van der Waals surface area (Å²) in [6, 6.07) is 4.57. The van der Waals surface area contributed by atoms with E-state index in [0.29, 0.717) is 5.56 Å². The number of rotatable bonds is 5. The first kappa shape index (κ1) is 13.9. The Hall–Kier alpha value is -1.14. The zero-order valence-electron chi connectivity index (χ0n) is 9.01. The van der Waals surface area contributed by atoms with Gasteiger partial charge in [0.05, 0.1) is 19.1 Å². The normalized spacial score (nSPS) is 14.4. The lowest BCUT2D eigenvalue weighted by molar-refractivity contribution is -0.121. The number of aliphatic hydroxyl groups is 3. The monoisotopic (exact) mass is 259 g/mol. The van der Waals surface area contributed by atoms with Crippen molar-refractivity contribution in [2.75, 3.05) is 0 Å². The van der Waals surface area contributed by atoms with Gasteiger partial charge >= 0.3 is 0 Å². The molecule has 0 spiro atoms. The first-order valence-electron chi connectivity index (χ1n) is 4.99. The summed E-state index contributed by atoms with van der Waals surface area (Å²) in [5.41, 5.74) is 5.73. The van der Waals surface area contributed by atoms with Gasteiger partial charge in [0.25, 0.3) is 0 Å². The molecule has 0 heterocycles. The highest BCUT2D eigenvalue weighted by atomic mass is 35.5. The molecule has 0 fully saturated rings. The average molecular weight is 260 g/mol. The Balaban J connectivity index is 2.94. The van der Waals surface area contributed by atoms with Crippen LogP contribution in [-0.4, -0.2) is 27.3 Å². The van der Waals surface area contributed by atoms with Crippen molar-refractivity contribution < 1.29 is 20.1 Å². The Labute approximate surface area is 103 Å². The minimum absolute atomic E-state index is 0.206. The summed E-state index contributed by atoms with van der Waals surface area (Å²) in [7, 11) is 0. The number of aliphatic hydroxyl groups excluding tert-OH is 3. The predicted molar refractivity (Wildman–Crippen MR) is 62.2 cm³/mol. The molecule has 2 atom stereocenters. The van der Waals surface area contributed by atoms with Crippen LogP contribution in [0.15, 0.2) is 18.2 Å². The van der Waals surface area contributed by atoms with E-state index in [-0.39, 0.29) is 23.6 Å². The van der Waals surface area contributed by atoms with Gasteiger partial charge in [0.2, 0.25) is 5.91 Å². The van der Waals surface area contributed by atoms with Crippen molar-refractivity contribution in [1.82, 2.24) is 0 Å². The molecule has 0 saturated carbocycles. The minimum atomic E-state index is -1.32. The summed E-state index contributed by atoms with van der Waals surface area (Å²) in [5, 5.41) is 28.6. The second kappa shape index (κ2) is 5.97. The first-order valence-corrected chi connectivity index (χ1v) is 5.37. The third-order valence-corrected chi connectivity index (χ3v) is 2.68. The van der Waals surface area contributed by atoms with Crippen molar-refractivity contribution in [2.24, 2.45) is 5.73 Å². The van der Waals surface area contributed by atoms with Crippen molar-refractivity contribution in [2.45, 2.75) is 25.2 Å². The first-order chi connectivity index (χ1) is 7.95. The van der Waals surface area contributed by atoms with Crippen LogP contribution in [0.3, 0.4) is 0 Å². The summed E-state index contributed by atoms with van der Waals surface area (Å²) in [4.78, 5) is 10.6. The predicted octanol–water partition coefficient (Wildman–Crippen LogP) is 0.102. The Morgan fingerprint density at radius 1 is 1.41 bits per heavy atom. The molecular weight excluding hydrogens is 246 g/mol. The van der Waals surface area contributed by atoms with Crippen molar-refractivity contribution in [3.05, 3.63) is 34.3 Å². The lowest BCUT2D eigenvalue weighted by atomic mass is 10.00.